The molecule has 4 rings (SSSR count). The van der Waals surface area contributed by atoms with E-state index in [9.17, 15) is 13.2 Å². The molecule has 0 spiro atoms. The van der Waals surface area contributed by atoms with Crippen LogP contribution >= 0.6 is 46.6 Å². The van der Waals surface area contributed by atoms with E-state index in [1.165, 1.54) is 30.0 Å². The molecule has 2 aromatic carbocycles. The lowest BCUT2D eigenvalue weighted by molar-refractivity contribution is 0.440. The van der Waals surface area contributed by atoms with E-state index in [0.717, 1.165) is 22.9 Å². The molecule has 0 aliphatic carbocycles. The molecule has 0 saturated heterocycles. The number of fused-ring (bicyclic) bond motifs is 1. The van der Waals surface area contributed by atoms with E-state index in [-0.39, 0.29) is 13.0 Å². The molecule has 1 unspecified atom stereocenters. The molecule has 178 valence electrons. The fourth-order valence-corrected chi connectivity index (χ4v) is 5.56. The van der Waals surface area contributed by atoms with Crippen molar-refractivity contribution in [3.8, 4) is 0 Å². The molecule has 34 heavy (non-hydrogen) atoms. The van der Waals surface area contributed by atoms with Crippen molar-refractivity contribution >= 4 is 46.6 Å². The van der Waals surface area contributed by atoms with Crippen LogP contribution in [0, 0.1) is 5.82 Å². The molecule has 1 aliphatic heterocycles. The Bertz CT molecular complexity index is 1290. The summed E-state index contributed by atoms with van der Waals surface area (Å²) < 4.78 is 44.0. The number of nitrogens with zero attached hydrogens (tertiary/aromatic N) is 2. The minimum atomic E-state index is -0.680. The molecule has 1 aliphatic rings. The lowest BCUT2D eigenvalue weighted by atomic mass is 9.75. The van der Waals surface area contributed by atoms with E-state index >= 15 is 0 Å². The van der Waals surface area contributed by atoms with Crippen LogP contribution in [0.15, 0.2) is 71.6 Å². The normalized spacial score (nSPS) is 21.9. The van der Waals surface area contributed by atoms with Crippen molar-refractivity contribution in [3.63, 3.8) is 0 Å². The van der Waals surface area contributed by atoms with Gasteiger partial charge in [0.2, 0.25) is 0 Å². The van der Waals surface area contributed by atoms with Crippen molar-refractivity contribution in [3.05, 3.63) is 104 Å². The zero-order chi connectivity index (χ0) is 24.5. The number of rotatable bonds is 4. The van der Waals surface area contributed by atoms with Crippen LogP contribution in [0.5, 0.6) is 0 Å². The van der Waals surface area contributed by atoms with E-state index < -0.39 is 22.9 Å². The number of hydrogen-bond donors (Lipinski definition) is 0. The number of imidazole rings is 1. The van der Waals surface area contributed by atoms with Gasteiger partial charge in [-0.25, -0.2) is 18.2 Å². The minimum Gasteiger partial charge on any atom is -0.318 e. The van der Waals surface area contributed by atoms with E-state index in [1.807, 2.05) is 17.6 Å². The van der Waals surface area contributed by atoms with Gasteiger partial charge in [-0.1, -0.05) is 58.7 Å². The topological polar surface area (TPSA) is 17.8 Å². The molecule has 3 aromatic rings. The molecule has 1 aromatic heterocycles. The van der Waals surface area contributed by atoms with Crippen LogP contribution in [0.25, 0.3) is 0 Å². The molecule has 0 saturated carbocycles. The third kappa shape index (κ3) is 5.35. The van der Waals surface area contributed by atoms with Crippen LogP contribution in [-0.2, 0) is 17.7 Å². The number of hydrogen-bond acceptors (Lipinski definition) is 2. The first-order valence-corrected chi connectivity index (χ1v) is 12.6. The van der Waals surface area contributed by atoms with Gasteiger partial charge in [-0.3, -0.25) is 0 Å². The van der Waals surface area contributed by atoms with Gasteiger partial charge in [0, 0.05) is 40.9 Å². The number of aromatic nitrogens is 2. The zero-order valence-electron chi connectivity index (χ0n) is 18.1. The molecular formula is C25H20Cl3F3N2S. The quantitative estimate of drug-likeness (QED) is 0.305. The average Bonchev–Trinajstić information content (AvgIpc) is 3.20. The Balaban J connectivity index is 1.78. The van der Waals surface area contributed by atoms with Crippen molar-refractivity contribution in [2.45, 2.75) is 42.6 Å². The minimum absolute atomic E-state index is 0.0385. The molecule has 0 radical (unpaired) electrons. The first-order valence-electron chi connectivity index (χ1n) is 10.5. The lowest BCUT2D eigenvalue weighted by Gasteiger charge is -2.32. The fraction of sp³-hybridized carbons (Fsp3) is 0.240. The summed E-state index contributed by atoms with van der Waals surface area (Å²) in [6.45, 7) is 2.14. The Morgan fingerprint density at radius 3 is 2.56 bits per heavy atom. The predicted octanol–water partition coefficient (Wildman–Crippen LogP) is 9.08. The summed E-state index contributed by atoms with van der Waals surface area (Å²) in [5, 5.41) is 1.78. The molecule has 2 nitrogen and oxygen atoms in total. The number of halogens is 6. The van der Waals surface area contributed by atoms with Crippen LogP contribution in [0.2, 0.25) is 15.1 Å². The van der Waals surface area contributed by atoms with Crippen molar-refractivity contribution in [1.29, 1.82) is 0 Å². The second-order valence-electron chi connectivity index (χ2n) is 8.20. The second kappa shape index (κ2) is 10.4. The molecule has 0 bridgehead atoms. The summed E-state index contributed by atoms with van der Waals surface area (Å²) in [6, 6.07) is 9.59. The van der Waals surface area contributed by atoms with Crippen molar-refractivity contribution in [2.75, 3.05) is 0 Å². The Morgan fingerprint density at radius 1 is 1.03 bits per heavy atom. The summed E-state index contributed by atoms with van der Waals surface area (Å²) in [6.07, 6.45) is 4.37. The highest BCUT2D eigenvalue weighted by molar-refractivity contribution is 7.98. The van der Waals surface area contributed by atoms with E-state index in [1.54, 1.807) is 24.4 Å². The summed E-state index contributed by atoms with van der Waals surface area (Å²) in [7, 11) is 0. The average molecular weight is 544 g/mol. The Hall–Kier alpha value is -1.86. The molecule has 2 heterocycles. The Labute approximate surface area is 215 Å². The molecular weight excluding hydrogens is 524 g/mol. The second-order valence-corrected chi connectivity index (χ2v) is 10.4. The standard InChI is InChI=1S/C25H20Cl3F3N2S/c1-25(16-3-5-20(26)22(28)10-16)8-6-18(30)11-19(31)7-9-33-23(25)13-32-24(33)34-14-15-2-4-17(29)12-21(15)27/h2-5,7,10-13H,6,8-9,14H2,1H3/b18-11+,19-7+. The maximum atomic E-state index is 14.4. The van der Waals surface area contributed by atoms with E-state index in [0.29, 0.717) is 32.4 Å². The molecule has 0 N–H and O–H groups in total. The highest BCUT2D eigenvalue weighted by atomic mass is 35.5. The number of benzene rings is 2. The van der Waals surface area contributed by atoms with Gasteiger partial charge >= 0.3 is 0 Å². The first-order chi connectivity index (χ1) is 16.2. The molecule has 0 fully saturated rings. The van der Waals surface area contributed by atoms with Crippen LogP contribution in [0.3, 0.4) is 0 Å². The van der Waals surface area contributed by atoms with Gasteiger partial charge < -0.3 is 4.57 Å². The van der Waals surface area contributed by atoms with Crippen molar-refractivity contribution < 1.29 is 13.2 Å². The number of allylic oxidation sites excluding steroid dienone is 4. The van der Waals surface area contributed by atoms with Crippen molar-refractivity contribution in [2.24, 2.45) is 0 Å². The summed E-state index contributed by atoms with van der Waals surface area (Å²) >= 11 is 20.0. The van der Waals surface area contributed by atoms with Gasteiger partial charge in [-0.15, -0.1) is 0 Å². The summed E-state index contributed by atoms with van der Waals surface area (Å²) in [4.78, 5) is 4.60. The molecule has 1 atom stereocenters. The van der Waals surface area contributed by atoms with Crippen LogP contribution < -0.4 is 0 Å². The van der Waals surface area contributed by atoms with Gasteiger partial charge in [0.15, 0.2) is 5.16 Å². The highest BCUT2D eigenvalue weighted by Gasteiger charge is 2.34. The molecule has 0 amide bonds. The fourth-order valence-electron chi connectivity index (χ4n) is 3.96. The highest BCUT2D eigenvalue weighted by Crippen LogP contribution is 2.42. The zero-order valence-corrected chi connectivity index (χ0v) is 21.2. The molecule has 9 heteroatoms. The van der Waals surface area contributed by atoms with Crippen LogP contribution in [-0.4, -0.2) is 9.55 Å². The Kier molecular flexibility index (Phi) is 7.72. The van der Waals surface area contributed by atoms with Crippen LogP contribution in [0.4, 0.5) is 13.2 Å². The monoisotopic (exact) mass is 542 g/mol. The Morgan fingerprint density at radius 2 is 1.82 bits per heavy atom. The van der Waals surface area contributed by atoms with E-state index in [4.69, 9.17) is 34.8 Å². The van der Waals surface area contributed by atoms with Crippen LogP contribution in [0.1, 0.15) is 36.6 Å². The third-order valence-corrected chi connectivity index (χ3v) is 8.07. The number of thioether (sulfide) groups is 1. The van der Waals surface area contributed by atoms with Gasteiger partial charge in [0.05, 0.1) is 16.2 Å². The van der Waals surface area contributed by atoms with Crippen molar-refractivity contribution in [1.82, 2.24) is 9.55 Å². The van der Waals surface area contributed by atoms with Gasteiger partial charge in [0.1, 0.15) is 17.5 Å². The van der Waals surface area contributed by atoms with Gasteiger partial charge in [-0.05, 0) is 54.8 Å². The predicted molar refractivity (Wildman–Crippen MR) is 134 cm³/mol. The smallest absolute Gasteiger partial charge is 0.168 e. The maximum Gasteiger partial charge on any atom is 0.168 e. The van der Waals surface area contributed by atoms with Gasteiger partial charge in [-0.2, -0.15) is 0 Å². The maximum absolute atomic E-state index is 14.4. The summed E-state index contributed by atoms with van der Waals surface area (Å²) in [5.74, 6) is -1.14. The lowest BCUT2D eigenvalue weighted by Crippen LogP contribution is -2.28. The summed E-state index contributed by atoms with van der Waals surface area (Å²) in [5.41, 5.74) is 1.71. The van der Waals surface area contributed by atoms with Gasteiger partial charge in [0.25, 0.3) is 0 Å². The third-order valence-electron chi connectivity index (χ3n) is 5.94. The largest absolute Gasteiger partial charge is 0.318 e. The first kappa shape index (κ1) is 25.2. The SMILES string of the molecule is CC1(c2ccc(Cl)c(Cl)c2)CC/C(F)=C\C(F)=C/Cn2c1cnc2SCc1ccc(F)cc1Cl. The van der Waals surface area contributed by atoms with E-state index in [2.05, 4.69) is 4.98 Å².